The lowest BCUT2D eigenvalue weighted by Crippen LogP contribution is -2.36. The molecule has 4 aromatic carbocycles. The molecule has 206 valence electrons. The minimum atomic E-state index is -1.01. The molecule has 5 aromatic rings. The fourth-order valence-corrected chi connectivity index (χ4v) is 4.96. The van der Waals surface area contributed by atoms with Crippen molar-refractivity contribution in [1.29, 1.82) is 0 Å². The van der Waals surface area contributed by atoms with Crippen molar-refractivity contribution in [3.63, 3.8) is 0 Å². The van der Waals surface area contributed by atoms with Crippen LogP contribution < -0.4 is 0 Å². The summed E-state index contributed by atoms with van der Waals surface area (Å²) in [4.78, 5) is 33.7. The van der Waals surface area contributed by atoms with Gasteiger partial charge in [0.2, 0.25) is 0 Å². The number of fused-ring (bicyclic) bond motifs is 1. The van der Waals surface area contributed by atoms with E-state index in [9.17, 15) is 14.9 Å². The van der Waals surface area contributed by atoms with Crippen LogP contribution in [0, 0.1) is 10.1 Å². The van der Waals surface area contributed by atoms with Gasteiger partial charge in [-0.1, -0.05) is 91.0 Å². The highest BCUT2D eigenvalue weighted by molar-refractivity contribution is 6.13. The van der Waals surface area contributed by atoms with Crippen molar-refractivity contribution >= 4 is 28.3 Å². The summed E-state index contributed by atoms with van der Waals surface area (Å²) in [5, 5.41) is 12.4. The molecule has 2 atom stereocenters. The number of aliphatic imine (C=N–C) groups is 1. The van der Waals surface area contributed by atoms with Crippen molar-refractivity contribution in [2.45, 2.75) is 38.3 Å². The van der Waals surface area contributed by atoms with Crippen molar-refractivity contribution in [1.82, 2.24) is 4.98 Å². The molecule has 0 saturated carbocycles. The summed E-state index contributed by atoms with van der Waals surface area (Å²) >= 11 is 0. The fourth-order valence-electron chi connectivity index (χ4n) is 4.96. The van der Waals surface area contributed by atoms with E-state index >= 15 is 0 Å². The van der Waals surface area contributed by atoms with E-state index < -0.39 is 28.5 Å². The molecule has 7 heteroatoms. The summed E-state index contributed by atoms with van der Waals surface area (Å²) in [7, 11) is 0. The van der Waals surface area contributed by atoms with Gasteiger partial charge in [-0.3, -0.25) is 15.1 Å². The topological polar surface area (TPSA) is 97.6 Å². The van der Waals surface area contributed by atoms with Crippen molar-refractivity contribution in [2.75, 3.05) is 0 Å². The van der Waals surface area contributed by atoms with Gasteiger partial charge in [-0.15, -0.1) is 0 Å². The summed E-state index contributed by atoms with van der Waals surface area (Å²) in [5.41, 5.74) is 4.03. The molecule has 7 nitrogen and oxygen atoms in total. The standard InChI is InChI=1S/C34H31N3O4/c1-34(2,3)41-33(38)32(36-31(24-12-6-4-7-13-24)25-14-8-5-9-15-25)30(23-18-20-26(21-19-23)37(39)40)28-22-35-29-17-11-10-16-27(28)29/h4-22,30,32,35H,1-3H3/t30-,32-/m0/s1. The van der Waals surface area contributed by atoms with E-state index in [2.05, 4.69) is 4.98 Å². The summed E-state index contributed by atoms with van der Waals surface area (Å²) in [6.07, 6.45) is 1.88. The first-order valence-corrected chi connectivity index (χ1v) is 13.4. The fraction of sp³-hybridized carbons (Fsp3) is 0.176. The quantitative estimate of drug-likeness (QED) is 0.0947. The first-order chi connectivity index (χ1) is 19.7. The van der Waals surface area contributed by atoms with E-state index in [-0.39, 0.29) is 5.69 Å². The second-order valence-electron chi connectivity index (χ2n) is 10.8. The molecule has 0 saturated heterocycles. The third-order valence-electron chi connectivity index (χ3n) is 6.75. The molecule has 0 aliphatic rings. The lowest BCUT2D eigenvalue weighted by atomic mass is 9.84. The molecule has 0 bridgehead atoms. The third-order valence-corrected chi connectivity index (χ3v) is 6.75. The SMILES string of the molecule is CC(C)(C)OC(=O)[C@@H](N=C(c1ccccc1)c1ccccc1)[C@@H](c1ccc([N+](=O)[O-])cc1)c1c[nH]c2ccccc12. The largest absolute Gasteiger partial charge is 0.458 e. The summed E-state index contributed by atoms with van der Waals surface area (Å²) < 4.78 is 5.98. The van der Waals surface area contributed by atoms with Crippen molar-refractivity contribution < 1.29 is 14.5 Å². The molecular weight excluding hydrogens is 514 g/mol. The average molecular weight is 546 g/mol. The smallest absolute Gasteiger partial charge is 0.332 e. The molecule has 1 heterocycles. The Morgan fingerprint density at radius 1 is 0.829 bits per heavy atom. The Morgan fingerprint density at radius 3 is 1.95 bits per heavy atom. The first kappa shape index (κ1) is 27.5. The van der Waals surface area contributed by atoms with Crippen LogP contribution in [-0.2, 0) is 9.53 Å². The third kappa shape index (κ3) is 6.25. The second-order valence-corrected chi connectivity index (χ2v) is 10.8. The van der Waals surface area contributed by atoms with Crippen LogP contribution in [0.1, 0.15) is 48.9 Å². The van der Waals surface area contributed by atoms with Crippen LogP contribution in [0.4, 0.5) is 5.69 Å². The van der Waals surface area contributed by atoms with E-state index in [1.807, 2.05) is 112 Å². The molecule has 0 spiro atoms. The molecule has 1 aromatic heterocycles. The van der Waals surface area contributed by atoms with Gasteiger partial charge in [-0.2, -0.15) is 0 Å². The Hall–Kier alpha value is -5.04. The zero-order chi connectivity index (χ0) is 29.0. The highest BCUT2D eigenvalue weighted by atomic mass is 16.6. The highest BCUT2D eigenvalue weighted by Crippen LogP contribution is 2.37. The number of hydrogen-bond acceptors (Lipinski definition) is 5. The number of carbonyl (C=O) groups is 1. The molecule has 0 unspecified atom stereocenters. The maximum absolute atomic E-state index is 14.1. The van der Waals surface area contributed by atoms with Crippen LogP contribution in [0.5, 0.6) is 0 Å². The van der Waals surface area contributed by atoms with Crippen molar-refractivity contribution in [2.24, 2.45) is 4.99 Å². The minimum absolute atomic E-state index is 0.0296. The Kier molecular flexibility index (Phi) is 7.79. The number of para-hydroxylation sites is 1. The molecule has 0 aliphatic carbocycles. The number of hydrogen-bond donors (Lipinski definition) is 1. The predicted octanol–water partition coefficient (Wildman–Crippen LogP) is 7.46. The predicted molar refractivity (Wildman–Crippen MR) is 161 cm³/mol. The van der Waals surface area contributed by atoms with Gasteiger partial charge in [-0.25, -0.2) is 4.79 Å². The Bertz CT molecular complexity index is 1640. The van der Waals surface area contributed by atoms with E-state index in [1.54, 1.807) is 12.1 Å². The zero-order valence-corrected chi connectivity index (χ0v) is 23.2. The number of nitro groups is 1. The second kappa shape index (κ2) is 11.6. The van der Waals surface area contributed by atoms with Gasteiger partial charge in [0.05, 0.1) is 10.6 Å². The number of H-pyrrole nitrogens is 1. The lowest BCUT2D eigenvalue weighted by Gasteiger charge is -2.28. The molecule has 0 radical (unpaired) electrons. The van der Waals surface area contributed by atoms with Gasteiger partial charge in [0, 0.05) is 46.3 Å². The Labute approximate surface area is 238 Å². The maximum Gasteiger partial charge on any atom is 0.332 e. The zero-order valence-electron chi connectivity index (χ0n) is 23.2. The van der Waals surface area contributed by atoms with E-state index in [0.29, 0.717) is 11.3 Å². The number of nitrogens with zero attached hydrogens (tertiary/aromatic N) is 2. The van der Waals surface area contributed by atoms with Crippen molar-refractivity contribution in [3.05, 3.63) is 148 Å². The van der Waals surface area contributed by atoms with Crippen LogP contribution in [0.3, 0.4) is 0 Å². The number of ether oxygens (including phenoxy) is 1. The Morgan fingerprint density at radius 2 is 1.39 bits per heavy atom. The highest BCUT2D eigenvalue weighted by Gasteiger charge is 2.36. The number of non-ortho nitro benzene ring substituents is 1. The molecule has 1 N–H and O–H groups in total. The number of aromatic nitrogens is 1. The first-order valence-electron chi connectivity index (χ1n) is 13.4. The summed E-state index contributed by atoms with van der Waals surface area (Å²) in [6, 6.07) is 32.6. The van der Waals surface area contributed by atoms with Crippen LogP contribution in [0.2, 0.25) is 0 Å². The molecule has 5 rings (SSSR count). The monoisotopic (exact) mass is 545 g/mol. The van der Waals surface area contributed by atoms with Gasteiger partial charge in [-0.05, 0) is 38.0 Å². The molecule has 0 aliphatic heterocycles. The van der Waals surface area contributed by atoms with Gasteiger partial charge in [0.25, 0.3) is 5.69 Å². The number of benzene rings is 4. The summed E-state index contributed by atoms with van der Waals surface area (Å²) in [5.74, 6) is -1.10. The van der Waals surface area contributed by atoms with Gasteiger partial charge in [0.1, 0.15) is 5.60 Å². The van der Waals surface area contributed by atoms with E-state index in [0.717, 1.165) is 27.6 Å². The Balaban J connectivity index is 1.78. The molecule has 41 heavy (non-hydrogen) atoms. The summed E-state index contributed by atoms with van der Waals surface area (Å²) in [6.45, 7) is 5.48. The number of carbonyl (C=O) groups excluding carboxylic acids is 1. The molecule has 0 fully saturated rings. The van der Waals surface area contributed by atoms with E-state index in [4.69, 9.17) is 9.73 Å². The number of rotatable bonds is 8. The molecular formula is C34H31N3O4. The van der Waals surface area contributed by atoms with Crippen LogP contribution in [0.15, 0.2) is 120 Å². The van der Waals surface area contributed by atoms with Gasteiger partial charge in [0.15, 0.2) is 6.04 Å². The molecule has 0 amide bonds. The van der Waals surface area contributed by atoms with E-state index in [1.165, 1.54) is 12.1 Å². The van der Waals surface area contributed by atoms with Gasteiger partial charge < -0.3 is 9.72 Å². The van der Waals surface area contributed by atoms with Crippen molar-refractivity contribution in [3.8, 4) is 0 Å². The van der Waals surface area contributed by atoms with Gasteiger partial charge >= 0.3 is 5.97 Å². The number of nitro benzene ring substituents is 1. The normalized spacial score (nSPS) is 12.9. The minimum Gasteiger partial charge on any atom is -0.458 e. The maximum atomic E-state index is 14.1. The average Bonchev–Trinajstić information content (AvgIpc) is 3.39. The lowest BCUT2D eigenvalue weighted by molar-refractivity contribution is -0.384. The number of nitrogens with one attached hydrogen (secondary N) is 1. The van der Waals surface area contributed by atoms with Crippen LogP contribution in [0.25, 0.3) is 10.9 Å². The van der Waals surface area contributed by atoms with Crippen LogP contribution >= 0.6 is 0 Å². The van der Waals surface area contributed by atoms with Crippen LogP contribution in [-0.4, -0.2) is 33.2 Å². The number of esters is 1. The number of aromatic amines is 1.